The lowest BCUT2D eigenvalue weighted by Crippen LogP contribution is -2.22. The molecule has 0 aliphatic rings. The van der Waals surface area contributed by atoms with Gasteiger partial charge in [-0.3, -0.25) is 9.59 Å². The van der Waals surface area contributed by atoms with Crippen LogP contribution >= 0.6 is 0 Å². The van der Waals surface area contributed by atoms with Crippen molar-refractivity contribution in [1.29, 1.82) is 5.26 Å². The van der Waals surface area contributed by atoms with E-state index in [1.807, 2.05) is 32.0 Å². The molecule has 154 valence electrons. The minimum Gasteiger partial charge on any atom is -0.452 e. The second-order valence-electron chi connectivity index (χ2n) is 7.01. The number of carbonyl (C=O) groups is 3. The number of esters is 1. The lowest BCUT2D eigenvalue weighted by atomic mass is 9.94. The molecule has 0 aromatic heterocycles. The van der Waals surface area contributed by atoms with Gasteiger partial charge in [0.1, 0.15) is 0 Å². The summed E-state index contributed by atoms with van der Waals surface area (Å²) in [6, 6.07) is 20.2. The monoisotopic (exact) mass is 412 g/mol. The molecule has 0 aliphatic carbocycles. The van der Waals surface area contributed by atoms with Gasteiger partial charge in [-0.15, -0.1) is 0 Å². The Kier molecular flexibility index (Phi) is 6.58. The Balaban J connectivity index is 1.71. The van der Waals surface area contributed by atoms with Gasteiger partial charge in [0.15, 0.2) is 12.4 Å². The first-order chi connectivity index (χ1) is 14.9. The van der Waals surface area contributed by atoms with Crippen LogP contribution in [0.4, 0.5) is 5.69 Å². The quantitative estimate of drug-likeness (QED) is 0.483. The van der Waals surface area contributed by atoms with E-state index in [1.165, 1.54) is 6.07 Å². The van der Waals surface area contributed by atoms with E-state index in [-0.39, 0.29) is 16.9 Å². The van der Waals surface area contributed by atoms with E-state index in [0.29, 0.717) is 16.8 Å². The fraction of sp³-hybridized carbons (Fsp3) is 0.120. The van der Waals surface area contributed by atoms with Crippen LogP contribution in [0.3, 0.4) is 0 Å². The van der Waals surface area contributed by atoms with Gasteiger partial charge >= 0.3 is 5.97 Å². The Morgan fingerprint density at radius 2 is 1.58 bits per heavy atom. The van der Waals surface area contributed by atoms with Gasteiger partial charge in [-0.05, 0) is 55.8 Å². The Hall–Kier alpha value is -4.24. The van der Waals surface area contributed by atoms with Crippen LogP contribution in [0.5, 0.6) is 0 Å². The fourth-order valence-corrected chi connectivity index (χ4v) is 3.02. The molecule has 0 atom stereocenters. The molecule has 0 heterocycles. The number of hydrogen-bond donors (Lipinski definition) is 1. The first-order valence-electron chi connectivity index (χ1n) is 9.57. The minimum absolute atomic E-state index is 0.0968. The third-order valence-corrected chi connectivity index (χ3v) is 4.66. The van der Waals surface area contributed by atoms with Crippen molar-refractivity contribution in [1.82, 2.24) is 0 Å². The van der Waals surface area contributed by atoms with Gasteiger partial charge in [-0.25, -0.2) is 4.79 Å². The average molecular weight is 412 g/mol. The van der Waals surface area contributed by atoms with E-state index in [0.717, 1.165) is 11.1 Å². The van der Waals surface area contributed by atoms with Crippen molar-refractivity contribution in [2.75, 3.05) is 11.9 Å². The zero-order chi connectivity index (χ0) is 22.4. The van der Waals surface area contributed by atoms with Crippen LogP contribution < -0.4 is 5.32 Å². The van der Waals surface area contributed by atoms with Gasteiger partial charge in [0, 0.05) is 16.8 Å². The summed E-state index contributed by atoms with van der Waals surface area (Å²) < 4.78 is 5.13. The van der Waals surface area contributed by atoms with E-state index < -0.39 is 18.5 Å². The Bertz CT molecular complexity index is 1190. The van der Waals surface area contributed by atoms with Crippen LogP contribution in [0.1, 0.15) is 43.0 Å². The van der Waals surface area contributed by atoms with Crippen molar-refractivity contribution < 1.29 is 19.1 Å². The van der Waals surface area contributed by atoms with E-state index in [9.17, 15) is 14.4 Å². The molecule has 0 spiro atoms. The zero-order valence-electron chi connectivity index (χ0n) is 17.1. The third-order valence-electron chi connectivity index (χ3n) is 4.66. The number of rotatable bonds is 6. The van der Waals surface area contributed by atoms with Crippen molar-refractivity contribution in [2.24, 2.45) is 0 Å². The first-order valence-corrected chi connectivity index (χ1v) is 9.57. The number of aryl methyl sites for hydroxylation is 2. The lowest BCUT2D eigenvalue weighted by Gasteiger charge is -2.11. The lowest BCUT2D eigenvalue weighted by molar-refractivity contribution is -0.119. The second kappa shape index (κ2) is 9.51. The molecule has 1 amide bonds. The van der Waals surface area contributed by atoms with Crippen molar-refractivity contribution in [3.8, 4) is 6.07 Å². The average Bonchev–Trinajstić information content (AvgIpc) is 2.79. The maximum absolute atomic E-state index is 13.1. The van der Waals surface area contributed by atoms with Gasteiger partial charge in [-0.2, -0.15) is 5.26 Å². The highest BCUT2D eigenvalue weighted by molar-refractivity contribution is 6.15. The molecule has 0 unspecified atom stereocenters. The van der Waals surface area contributed by atoms with Crippen LogP contribution in [0.2, 0.25) is 0 Å². The Morgan fingerprint density at radius 1 is 0.903 bits per heavy atom. The van der Waals surface area contributed by atoms with Gasteiger partial charge in [0.25, 0.3) is 5.91 Å². The molecule has 0 saturated carbocycles. The summed E-state index contributed by atoms with van der Waals surface area (Å²) in [5, 5.41) is 11.4. The third kappa shape index (κ3) is 5.22. The molecule has 1 N–H and O–H groups in total. The summed E-state index contributed by atoms with van der Waals surface area (Å²) in [6.07, 6.45) is 0. The van der Waals surface area contributed by atoms with Crippen molar-refractivity contribution in [2.45, 2.75) is 13.8 Å². The fourth-order valence-electron chi connectivity index (χ4n) is 3.02. The summed E-state index contributed by atoms with van der Waals surface area (Å²) in [7, 11) is 0. The number of anilines is 1. The van der Waals surface area contributed by atoms with Gasteiger partial charge in [0.2, 0.25) is 0 Å². The Morgan fingerprint density at radius 3 is 2.26 bits per heavy atom. The first kappa shape index (κ1) is 21.5. The number of nitrogens with one attached hydrogen (secondary N) is 1. The van der Waals surface area contributed by atoms with E-state index in [2.05, 4.69) is 5.32 Å². The van der Waals surface area contributed by atoms with E-state index in [1.54, 1.807) is 48.5 Å². The van der Waals surface area contributed by atoms with E-state index in [4.69, 9.17) is 10.00 Å². The number of benzene rings is 3. The number of nitriles is 1. The minimum atomic E-state index is -0.760. The molecule has 0 saturated heterocycles. The molecule has 3 rings (SSSR count). The van der Waals surface area contributed by atoms with Crippen LogP contribution in [0.25, 0.3) is 0 Å². The number of ether oxygens (including phenoxy) is 1. The normalized spacial score (nSPS) is 10.1. The highest BCUT2D eigenvalue weighted by atomic mass is 16.5. The number of nitrogens with zero attached hydrogens (tertiary/aromatic N) is 1. The molecule has 31 heavy (non-hydrogen) atoms. The molecular weight excluding hydrogens is 392 g/mol. The topological polar surface area (TPSA) is 96.3 Å². The molecular formula is C25H20N2O4. The van der Waals surface area contributed by atoms with E-state index >= 15 is 0 Å². The molecule has 0 bridgehead atoms. The maximum Gasteiger partial charge on any atom is 0.339 e. The largest absolute Gasteiger partial charge is 0.452 e. The van der Waals surface area contributed by atoms with Crippen molar-refractivity contribution >= 4 is 23.3 Å². The summed E-state index contributed by atoms with van der Waals surface area (Å²) in [6.45, 7) is 3.22. The van der Waals surface area contributed by atoms with Crippen molar-refractivity contribution in [3.63, 3.8) is 0 Å². The predicted molar refractivity (Wildman–Crippen MR) is 116 cm³/mol. The van der Waals surface area contributed by atoms with Crippen LogP contribution in [0.15, 0.2) is 66.7 Å². The molecule has 3 aromatic rings. The van der Waals surface area contributed by atoms with Crippen LogP contribution in [-0.2, 0) is 9.53 Å². The van der Waals surface area contributed by atoms with Gasteiger partial charge in [-0.1, -0.05) is 35.9 Å². The smallest absolute Gasteiger partial charge is 0.339 e. The second-order valence-corrected chi connectivity index (χ2v) is 7.01. The molecule has 0 fully saturated rings. The Labute approximate surface area is 180 Å². The molecule has 0 radical (unpaired) electrons. The molecule has 0 aliphatic heterocycles. The summed E-state index contributed by atoms with van der Waals surface area (Å²) >= 11 is 0. The van der Waals surface area contributed by atoms with Crippen LogP contribution in [0, 0.1) is 25.2 Å². The predicted octanol–water partition coefficient (Wildman–Crippen LogP) is 4.20. The van der Waals surface area contributed by atoms with Crippen LogP contribution in [-0.4, -0.2) is 24.3 Å². The number of ketones is 1. The van der Waals surface area contributed by atoms with Gasteiger partial charge < -0.3 is 10.1 Å². The SMILES string of the molecule is Cc1ccc(C)c(C(=O)c2ccccc2C(=O)OCC(=O)Nc2ccc(C#N)cc2)c1. The molecule has 3 aromatic carbocycles. The number of amides is 1. The summed E-state index contributed by atoms with van der Waals surface area (Å²) in [5.41, 5.74) is 3.52. The molecule has 6 heteroatoms. The standard InChI is InChI=1S/C25H20N2O4/c1-16-7-8-17(2)22(13-16)24(29)20-5-3-4-6-21(20)25(30)31-15-23(28)27-19-11-9-18(14-26)10-12-19/h3-13H,15H2,1-2H3,(H,27,28). The maximum atomic E-state index is 13.1. The molecule has 6 nitrogen and oxygen atoms in total. The highest BCUT2D eigenvalue weighted by Crippen LogP contribution is 2.19. The highest BCUT2D eigenvalue weighted by Gasteiger charge is 2.21. The zero-order valence-corrected chi connectivity index (χ0v) is 17.1. The summed E-state index contributed by atoms with van der Waals surface area (Å²) in [4.78, 5) is 37.8. The summed E-state index contributed by atoms with van der Waals surface area (Å²) in [5.74, 6) is -1.57. The number of hydrogen-bond acceptors (Lipinski definition) is 5. The van der Waals surface area contributed by atoms with Gasteiger partial charge in [0.05, 0.1) is 17.2 Å². The number of carbonyl (C=O) groups excluding carboxylic acids is 3. The van der Waals surface area contributed by atoms with Crippen molar-refractivity contribution in [3.05, 3.63) is 100 Å².